The van der Waals surface area contributed by atoms with Crippen LogP contribution in [0.1, 0.15) is 80.3 Å². The van der Waals surface area contributed by atoms with E-state index >= 15 is 4.39 Å². The third-order valence-electron chi connectivity index (χ3n) is 12.1. The molecule has 3 aliphatic rings. The number of carbonyl (C=O) groups is 2. The average molecular weight is 835 g/mol. The second-order valence-electron chi connectivity index (χ2n) is 17.3. The van der Waals surface area contributed by atoms with Gasteiger partial charge in [0, 0.05) is 30.1 Å². The number of esters is 1. The Balaban J connectivity index is 1.59. The number of likely N-dealkylation sites (N-methyl/N-ethyl adjacent to an activating group) is 1. The molecule has 18 heteroatoms. The lowest BCUT2D eigenvalue weighted by molar-refractivity contribution is -0.297. The zero-order valence-corrected chi connectivity index (χ0v) is 35.8. The molecule has 5 rings (SSSR count). The van der Waals surface area contributed by atoms with E-state index in [-0.39, 0.29) is 44.5 Å². The van der Waals surface area contributed by atoms with E-state index in [0.29, 0.717) is 23.6 Å². The fourth-order valence-corrected chi connectivity index (χ4v) is 8.70. The number of Topliss-reactive ketones (excluding diaryl/α,β-unsaturated/α-hetero) is 1. The summed E-state index contributed by atoms with van der Waals surface area (Å²) < 4.78 is 49.9. The van der Waals surface area contributed by atoms with E-state index in [9.17, 15) is 24.9 Å². The first kappa shape index (κ1) is 46.4. The van der Waals surface area contributed by atoms with Gasteiger partial charge in [-0.3, -0.25) is 9.78 Å². The number of anilines is 1. The fourth-order valence-electron chi connectivity index (χ4n) is 8.70. The molecule has 3 aliphatic heterocycles. The van der Waals surface area contributed by atoms with E-state index in [1.165, 1.54) is 13.8 Å². The minimum absolute atomic E-state index is 0.00940. The van der Waals surface area contributed by atoms with Crippen LogP contribution in [0, 0.1) is 17.8 Å². The molecule has 1 unspecified atom stereocenters. The molecule has 3 fully saturated rings. The number of aliphatic hydroxyl groups excluding tert-OH is 2. The lowest BCUT2D eigenvalue weighted by atomic mass is 9.73. The molecule has 0 spiro atoms. The summed E-state index contributed by atoms with van der Waals surface area (Å²) in [6.45, 7) is 11.6. The predicted octanol–water partition coefficient (Wildman–Crippen LogP) is 2.75. The first-order chi connectivity index (χ1) is 27.6. The third kappa shape index (κ3) is 10.1. The maximum Gasteiger partial charge on any atom is 0.351 e. The highest BCUT2D eigenvalue weighted by Crippen LogP contribution is 2.41. The number of hydrogen-bond donors (Lipinski definition) is 4. The third-order valence-corrected chi connectivity index (χ3v) is 12.1. The summed E-state index contributed by atoms with van der Waals surface area (Å²) >= 11 is 0. The van der Waals surface area contributed by atoms with Gasteiger partial charge in [-0.1, -0.05) is 32.9 Å². The van der Waals surface area contributed by atoms with Crippen molar-refractivity contribution in [2.24, 2.45) is 22.9 Å². The smallest absolute Gasteiger partial charge is 0.351 e. The van der Waals surface area contributed by atoms with Crippen molar-refractivity contribution in [2.45, 2.75) is 147 Å². The number of rotatable bonds is 8. The van der Waals surface area contributed by atoms with Crippen molar-refractivity contribution in [1.29, 1.82) is 0 Å². The topological polar surface area (TPSA) is 223 Å². The molecule has 59 heavy (non-hydrogen) atoms. The van der Waals surface area contributed by atoms with Gasteiger partial charge in [-0.2, -0.15) is 5.10 Å². The molecule has 0 aliphatic carbocycles. The summed E-state index contributed by atoms with van der Waals surface area (Å²) in [6.07, 6.45) is -4.16. The van der Waals surface area contributed by atoms with Crippen LogP contribution in [0.25, 0.3) is 5.69 Å². The molecular weight excluding hydrogens is 771 g/mol. The maximum absolute atomic E-state index is 16.8. The molecule has 330 valence electrons. The van der Waals surface area contributed by atoms with Gasteiger partial charge in [0.05, 0.1) is 60.8 Å². The second-order valence-corrected chi connectivity index (χ2v) is 17.3. The zero-order valence-electron chi connectivity index (χ0n) is 35.8. The summed E-state index contributed by atoms with van der Waals surface area (Å²) in [5.74, 6) is -5.15. The van der Waals surface area contributed by atoms with Crippen LogP contribution in [0.3, 0.4) is 0 Å². The van der Waals surface area contributed by atoms with Gasteiger partial charge in [-0.25, -0.2) is 13.9 Å². The van der Waals surface area contributed by atoms with Crippen molar-refractivity contribution >= 4 is 23.3 Å². The molecule has 2 aromatic rings. The summed E-state index contributed by atoms with van der Waals surface area (Å²) in [5, 5.41) is 44.3. The minimum atomic E-state index is -3.20. The number of carbonyl (C=O) groups excluding carboxylic acids is 2. The second kappa shape index (κ2) is 18.6. The molecule has 5 N–H and O–H groups in total. The maximum atomic E-state index is 16.8. The Labute approximate surface area is 345 Å². The number of halogens is 1. The number of aliphatic hydroxyl groups is 3. The SMILES string of the molecule is CC[C@H]1OC(=O)[C@@](C)(F)C(=O)[C@H](C)[C@@H](O[C@H]2O[C@H](C)C[C@H](N(C)C)[C@H]2O)[C@@]2(C)C[C@@H](C)[C@H](O)[C@H](C)C(OC/C(=N\OCc3ccc(-n4ccc(N)n4)cn3)CO2)[C@]1(C)O. The number of oxime groups is 1. The van der Waals surface area contributed by atoms with Gasteiger partial charge in [0.15, 0.2) is 18.7 Å². The number of nitrogen functional groups attached to an aromatic ring is 1. The first-order valence-electron chi connectivity index (χ1n) is 20.3. The highest BCUT2D eigenvalue weighted by molar-refractivity contribution is 6.07. The number of nitrogens with two attached hydrogens (primary N) is 1. The zero-order chi connectivity index (χ0) is 43.6. The molecule has 2 aromatic heterocycles. The van der Waals surface area contributed by atoms with Crippen LogP contribution in [0.15, 0.2) is 35.7 Å². The number of ketones is 1. The molecule has 17 nitrogen and oxygen atoms in total. The molecule has 14 atom stereocenters. The van der Waals surface area contributed by atoms with Gasteiger partial charge in [0.1, 0.15) is 29.3 Å². The highest BCUT2D eigenvalue weighted by Gasteiger charge is 2.57. The monoisotopic (exact) mass is 834 g/mol. The number of cyclic esters (lactones) is 1. The van der Waals surface area contributed by atoms with E-state index in [2.05, 4.69) is 15.2 Å². The molecule has 0 aromatic carbocycles. The van der Waals surface area contributed by atoms with Crippen LogP contribution in [0.4, 0.5) is 10.2 Å². The van der Waals surface area contributed by atoms with Crippen molar-refractivity contribution in [3.05, 3.63) is 36.3 Å². The normalized spacial score (nSPS) is 39.9. The lowest BCUT2D eigenvalue weighted by Crippen LogP contribution is -2.62. The van der Waals surface area contributed by atoms with E-state index in [1.807, 2.05) is 25.9 Å². The summed E-state index contributed by atoms with van der Waals surface area (Å²) in [4.78, 5) is 40.1. The van der Waals surface area contributed by atoms with Crippen LogP contribution in [0.2, 0.25) is 0 Å². The van der Waals surface area contributed by atoms with Crippen LogP contribution in [-0.4, -0.2) is 146 Å². The largest absolute Gasteiger partial charge is 0.457 e. The van der Waals surface area contributed by atoms with Gasteiger partial charge in [0.25, 0.3) is 5.67 Å². The molecule has 0 amide bonds. The van der Waals surface area contributed by atoms with Gasteiger partial charge >= 0.3 is 5.97 Å². The van der Waals surface area contributed by atoms with E-state index in [0.717, 1.165) is 6.92 Å². The molecule has 0 saturated carbocycles. The number of pyridine rings is 1. The van der Waals surface area contributed by atoms with Crippen molar-refractivity contribution in [3.8, 4) is 5.69 Å². The summed E-state index contributed by atoms with van der Waals surface area (Å²) in [5.41, 5.74) is 0.411. The number of hydrogen-bond acceptors (Lipinski definition) is 16. The van der Waals surface area contributed by atoms with Crippen molar-refractivity contribution < 1.29 is 57.8 Å². The molecule has 3 saturated heterocycles. The van der Waals surface area contributed by atoms with Gasteiger partial charge < -0.3 is 54.5 Å². The Kier molecular flexibility index (Phi) is 14.6. The molecule has 5 heterocycles. The Morgan fingerprint density at radius 2 is 1.80 bits per heavy atom. The highest BCUT2D eigenvalue weighted by atomic mass is 19.1. The van der Waals surface area contributed by atoms with E-state index < -0.39 is 89.2 Å². The van der Waals surface area contributed by atoms with Crippen LogP contribution < -0.4 is 5.73 Å². The van der Waals surface area contributed by atoms with Gasteiger partial charge in [0.2, 0.25) is 0 Å². The van der Waals surface area contributed by atoms with E-state index in [4.69, 9.17) is 34.3 Å². The Hall–Kier alpha value is -3.62. The Bertz CT molecular complexity index is 1780. The number of alkyl halides is 1. The number of nitrogens with zero attached hydrogens (tertiary/aromatic N) is 5. The van der Waals surface area contributed by atoms with Crippen molar-refractivity contribution in [3.63, 3.8) is 0 Å². The first-order valence-corrected chi connectivity index (χ1v) is 20.3. The standard InChI is InChI=1S/C41H63FN6O11/c1-11-30-41(8,53)36-24(4)32(49)22(2)17-39(6,55-20-27(19-54-36)46-56-21-26-12-13-28(18-44-26)48-15-14-31(43)45-48)35(25(5)34(51)40(7,42)38(52)58-30)59-37-33(50)29(47(9)10)16-23(3)57-37/h12-15,18,22-25,29-30,32-33,35-37,49-50,53H,11,16-17,19-21H2,1-10H3,(H2,43,45)/b46-27+/t22-,23-,24+,25+,29+,30-,32+,33-,35-,36?,37-,39-,40+,41-/m1/s1. The van der Waals surface area contributed by atoms with Gasteiger partial charge in [-0.15, -0.1) is 0 Å². The average Bonchev–Trinajstić information content (AvgIpc) is 3.62. The molecule has 0 radical (unpaired) electrons. The van der Waals surface area contributed by atoms with Crippen LogP contribution in [-0.2, 0) is 44.7 Å². The predicted molar refractivity (Wildman–Crippen MR) is 213 cm³/mol. The summed E-state index contributed by atoms with van der Waals surface area (Å²) in [6, 6.07) is 4.80. The Morgan fingerprint density at radius 3 is 2.41 bits per heavy atom. The quantitative estimate of drug-likeness (QED) is 0.171. The molecule has 2 bridgehead atoms. The lowest BCUT2D eigenvalue weighted by Gasteiger charge is -2.48. The van der Waals surface area contributed by atoms with Gasteiger partial charge in [-0.05, 0) is 79.1 Å². The van der Waals surface area contributed by atoms with Crippen molar-refractivity contribution in [2.75, 3.05) is 33.0 Å². The summed E-state index contributed by atoms with van der Waals surface area (Å²) in [7, 11) is 3.63. The van der Waals surface area contributed by atoms with Crippen LogP contribution in [0.5, 0.6) is 0 Å². The number of ether oxygens (including phenoxy) is 5. The number of fused-ring (bicyclic) bond motifs is 5. The number of aromatic nitrogens is 3. The van der Waals surface area contributed by atoms with Crippen LogP contribution >= 0.6 is 0 Å². The molecular formula is C41H63FN6O11. The fraction of sp³-hybridized carbons (Fsp3) is 0.732. The van der Waals surface area contributed by atoms with E-state index in [1.54, 1.807) is 63.0 Å². The Morgan fingerprint density at radius 1 is 1.08 bits per heavy atom. The minimum Gasteiger partial charge on any atom is -0.457 e. The van der Waals surface area contributed by atoms with Crippen molar-refractivity contribution in [1.82, 2.24) is 19.7 Å².